The zero-order chi connectivity index (χ0) is 22.5. The SMILES string of the molecule is CN(Cc1ccncc1)C(=O)c1nc(SCc2c(F)cccc2Cl)[nH]c1C1CCCCC1. The second kappa shape index (κ2) is 10.5. The molecule has 168 valence electrons. The van der Waals surface area contributed by atoms with E-state index < -0.39 is 0 Å². The maximum atomic E-state index is 14.2. The molecule has 2 heterocycles. The number of aromatic amines is 1. The number of nitrogens with zero attached hydrogens (tertiary/aromatic N) is 3. The molecule has 3 aromatic rings. The molecule has 4 rings (SSSR count). The molecule has 1 aromatic carbocycles. The van der Waals surface area contributed by atoms with Crippen molar-refractivity contribution in [2.45, 2.75) is 55.5 Å². The Hall–Kier alpha value is -2.38. The largest absolute Gasteiger partial charge is 0.336 e. The van der Waals surface area contributed by atoms with Crippen LogP contribution in [0.5, 0.6) is 0 Å². The van der Waals surface area contributed by atoms with E-state index in [1.807, 2.05) is 12.1 Å². The fourth-order valence-electron chi connectivity index (χ4n) is 4.11. The number of hydrogen-bond donors (Lipinski definition) is 1. The Labute approximate surface area is 196 Å². The van der Waals surface area contributed by atoms with Crippen molar-refractivity contribution in [2.75, 3.05) is 7.05 Å². The standard InChI is InChI=1S/C24H26ClFN4OS/c1-30(14-16-10-12-27-13-11-16)23(31)22-21(17-6-3-2-4-7-17)28-24(29-22)32-15-18-19(25)8-5-9-20(18)26/h5,8-13,17H,2-4,6-7,14-15H2,1H3,(H,28,29). The molecule has 0 atom stereocenters. The van der Waals surface area contributed by atoms with E-state index in [0.717, 1.165) is 36.9 Å². The van der Waals surface area contributed by atoms with Crippen LogP contribution in [0.2, 0.25) is 5.02 Å². The summed E-state index contributed by atoms with van der Waals surface area (Å²) >= 11 is 7.54. The van der Waals surface area contributed by atoms with Crippen molar-refractivity contribution in [1.29, 1.82) is 0 Å². The summed E-state index contributed by atoms with van der Waals surface area (Å²) in [5.74, 6) is 0.173. The van der Waals surface area contributed by atoms with E-state index >= 15 is 0 Å². The lowest BCUT2D eigenvalue weighted by molar-refractivity contribution is 0.0777. The molecule has 8 heteroatoms. The van der Waals surface area contributed by atoms with Crippen molar-refractivity contribution in [3.63, 3.8) is 0 Å². The first-order chi connectivity index (χ1) is 15.5. The zero-order valence-electron chi connectivity index (χ0n) is 18.0. The predicted octanol–water partition coefficient (Wildman–Crippen LogP) is 6.21. The van der Waals surface area contributed by atoms with Gasteiger partial charge in [-0.3, -0.25) is 9.78 Å². The summed E-state index contributed by atoms with van der Waals surface area (Å²) < 4.78 is 14.2. The van der Waals surface area contributed by atoms with Gasteiger partial charge in [0, 0.05) is 48.2 Å². The summed E-state index contributed by atoms with van der Waals surface area (Å²) in [6.45, 7) is 0.478. The van der Waals surface area contributed by atoms with E-state index in [1.165, 1.54) is 24.2 Å². The number of imidazole rings is 1. The molecule has 1 amide bonds. The number of thioether (sulfide) groups is 1. The Morgan fingerprint density at radius 2 is 1.97 bits per heavy atom. The second-order valence-electron chi connectivity index (χ2n) is 8.14. The summed E-state index contributed by atoms with van der Waals surface area (Å²) in [5.41, 5.74) is 2.82. The van der Waals surface area contributed by atoms with Crippen molar-refractivity contribution in [2.24, 2.45) is 0 Å². The number of amides is 1. The molecule has 0 bridgehead atoms. The second-order valence-corrected chi connectivity index (χ2v) is 9.52. The van der Waals surface area contributed by atoms with Crippen LogP contribution in [0.3, 0.4) is 0 Å². The number of nitrogens with one attached hydrogen (secondary N) is 1. The molecule has 0 radical (unpaired) electrons. The Bertz CT molecular complexity index is 1050. The minimum atomic E-state index is -0.336. The molecule has 5 nitrogen and oxygen atoms in total. The van der Waals surface area contributed by atoms with Gasteiger partial charge in [0.25, 0.3) is 5.91 Å². The minimum absolute atomic E-state index is 0.116. The van der Waals surface area contributed by atoms with Crippen LogP contribution in [0.1, 0.15) is 65.3 Å². The monoisotopic (exact) mass is 472 g/mol. The van der Waals surface area contributed by atoms with E-state index in [0.29, 0.717) is 33.7 Å². The zero-order valence-corrected chi connectivity index (χ0v) is 19.6. The number of hydrogen-bond acceptors (Lipinski definition) is 4. The molecule has 1 aliphatic carbocycles. The lowest BCUT2D eigenvalue weighted by Crippen LogP contribution is -2.28. The van der Waals surface area contributed by atoms with Crippen LogP contribution in [-0.2, 0) is 12.3 Å². The summed E-state index contributed by atoms with van der Waals surface area (Å²) in [7, 11) is 1.79. The van der Waals surface area contributed by atoms with Crippen LogP contribution in [0.25, 0.3) is 0 Å². The van der Waals surface area contributed by atoms with Gasteiger partial charge in [0.15, 0.2) is 10.9 Å². The van der Waals surface area contributed by atoms with Gasteiger partial charge in [-0.1, -0.05) is 48.7 Å². The Kier molecular flexibility index (Phi) is 7.48. The number of aromatic nitrogens is 3. The first-order valence-corrected chi connectivity index (χ1v) is 12.2. The highest BCUT2D eigenvalue weighted by Gasteiger charge is 2.27. The highest BCUT2D eigenvalue weighted by molar-refractivity contribution is 7.98. The summed E-state index contributed by atoms with van der Waals surface area (Å²) in [4.78, 5) is 27.1. The van der Waals surface area contributed by atoms with Crippen LogP contribution in [0.15, 0.2) is 47.9 Å². The maximum absolute atomic E-state index is 14.2. The molecule has 0 aliphatic heterocycles. The molecule has 1 fully saturated rings. The first kappa shape index (κ1) is 22.8. The van der Waals surface area contributed by atoms with Crippen molar-refractivity contribution >= 4 is 29.3 Å². The number of carbonyl (C=O) groups is 1. The van der Waals surface area contributed by atoms with Crippen LogP contribution in [0, 0.1) is 5.82 Å². The molecular weight excluding hydrogens is 447 g/mol. The van der Waals surface area contributed by atoms with Gasteiger partial charge in [0.05, 0.1) is 5.69 Å². The third-order valence-corrected chi connectivity index (χ3v) is 7.11. The van der Waals surface area contributed by atoms with Gasteiger partial charge in [-0.25, -0.2) is 9.37 Å². The van der Waals surface area contributed by atoms with Crippen LogP contribution in [0.4, 0.5) is 4.39 Å². The smallest absolute Gasteiger partial charge is 0.274 e. The molecule has 1 aliphatic rings. The third kappa shape index (κ3) is 5.33. The number of halogens is 2. The number of carbonyl (C=O) groups excluding carboxylic acids is 1. The van der Waals surface area contributed by atoms with Gasteiger partial charge in [-0.15, -0.1) is 0 Å². The van der Waals surface area contributed by atoms with E-state index in [1.54, 1.807) is 36.5 Å². The average molecular weight is 473 g/mol. The highest BCUT2D eigenvalue weighted by Crippen LogP contribution is 2.36. The lowest BCUT2D eigenvalue weighted by Gasteiger charge is -2.22. The molecule has 32 heavy (non-hydrogen) atoms. The van der Waals surface area contributed by atoms with Crippen LogP contribution < -0.4 is 0 Å². The number of pyridine rings is 1. The van der Waals surface area contributed by atoms with Gasteiger partial charge in [0.2, 0.25) is 0 Å². The van der Waals surface area contributed by atoms with Crippen molar-refractivity contribution in [1.82, 2.24) is 19.9 Å². The first-order valence-electron chi connectivity index (χ1n) is 10.8. The topological polar surface area (TPSA) is 61.9 Å². The third-order valence-electron chi connectivity index (χ3n) is 5.86. The Morgan fingerprint density at radius 1 is 1.22 bits per heavy atom. The molecule has 0 unspecified atom stereocenters. The van der Waals surface area contributed by atoms with E-state index in [4.69, 9.17) is 11.6 Å². The predicted molar refractivity (Wildman–Crippen MR) is 125 cm³/mol. The average Bonchev–Trinajstić information content (AvgIpc) is 3.24. The van der Waals surface area contributed by atoms with Crippen molar-refractivity contribution in [3.05, 3.63) is 76.1 Å². The Morgan fingerprint density at radius 3 is 2.69 bits per heavy atom. The summed E-state index contributed by atoms with van der Waals surface area (Å²) in [5, 5.41) is 1.01. The molecule has 0 saturated heterocycles. The number of H-pyrrole nitrogens is 1. The summed E-state index contributed by atoms with van der Waals surface area (Å²) in [6, 6.07) is 8.47. The highest BCUT2D eigenvalue weighted by atomic mass is 35.5. The van der Waals surface area contributed by atoms with Crippen molar-refractivity contribution < 1.29 is 9.18 Å². The van der Waals surface area contributed by atoms with E-state index in [2.05, 4.69) is 15.0 Å². The molecule has 1 N–H and O–H groups in total. The Balaban J connectivity index is 1.57. The minimum Gasteiger partial charge on any atom is -0.336 e. The van der Waals surface area contributed by atoms with Gasteiger partial charge in [-0.05, 0) is 42.7 Å². The van der Waals surface area contributed by atoms with Gasteiger partial charge in [0.1, 0.15) is 5.82 Å². The molecular formula is C24H26ClFN4OS. The summed E-state index contributed by atoms with van der Waals surface area (Å²) in [6.07, 6.45) is 9.05. The van der Waals surface area contributed by atoms with Gasteiger partial charge >= 0.3 is 0 Å². The fraction of sp³-hybridized carbons (Fsp3) is 0.375. The van der Waals surface area contributed by atoms with E-state index in [9.17, 15) is 9.18 Å². The molecule has 2 aromatic heterocycles. The fourth-order valence-corrected chi connectivity index (χ4v) is 5.33. The van der Waals surface area contributed by atoms with Crippen LogP contribution >= 0.6 is 23.4 Å². The molecule has 0 spiro atoms. The van der Waals surface area contributed by atoms with E-state index in [-0.39, 0.29) is 17.6 Å². The number of rotatable bonds is 7. The van der Waals surface area contributed by atoms with Crippen LogP contribution in [-0.4, -0.2) is 32.8 Å². The molecule has 1 saturated carbocycles. The number of benzene rings is 1. The van der Waals surface area contributed by atoms with Crippen molar-refractivity contribution in [3.8, 4) is 0 Å². The van der Waals surface area contributed by atoms with Gasteiger partial charge in [-0.2, -0.15) is 0 Å². The lowest BCUT2D eigenvalue weighted by atomic mass is 9.86. The quantitative estimate of drug-likeness (QED) is 0.415. The van der Waals surface area contributed by atoms with Gasteiger partial charge < -0.3 is 9.88 Å². The normalized spacial score (nSPS) is 14.5. The maximum Gasteiger partial charge on any atom is 0.274 e.